The molecule has 0 aliphatic heterocycles. The lowest BCUT2D eigenvalue weighted by molar-refractivity contribution is 0.276. The van der Waals surface area contributed by atoms with E-state index in [0.717, 1.165) is 29.8 Å². The van der Waals surface area contributed by atoms with Crippen molar-refractivity contribution in [2.75, 3.05) is 40.0 Å². The van der Waals surface area contributed by atoms with Crippen LogP contribution in [0.1, 0.15) is 5.56 Å². The van der Waals surface area contributed by atoms with Crippen LogP contribution in [0.3, 0.4) is 0 Å². The molecule has 0 atom stereocenters. The van der Waals surface area contributed by atoms with Crippen LogP contribution < -0.4 is 5.73 Å². The number of nitrogen functional groups attached to an aromatic ring is 1. The van der Waals surface area contributed by atoms with Gasteiger partial charge >= 0.3 is 0 Å². The molecule has 0 aliphatic carbocycles. The lowest BCUT2D eigenvalue weighted by atomic mass is 10.2. The first-order valence-electron chi connectivity index (χ1n) is 5.36. The Bertz CT molecular complexity index is 339. The van der Waals surface area contributed by atoms with Crippen LogP contribution >= 0.6 is 15.9 Å². The summed E-state index contributed by atoms with van der Waals surface area (Å²) in [6.07, 6.45) is 0. The summed E-state index contributed by atoms with van der Waals surface area (Å²) in [5.74, 6) is 0. The molecular formula is C12H20BrN3. The third kappa shape index (κ3) is 4.51. The Hall–Kier alpha value is -0.580. The zero-order valence-electron chi connectivity index (χ0n) is 10.2. The molecule has 0 bridgehead atoms. The molecule has 1 aromatic rings. The van der Waals surface area contributed by atoms with Gasteiger partial charge in [-0.3, -0.25) is 0 Å². The molecule has 0 amide bonds. The minimum atomic E-state index is 0.853. The topological polar surface area (TPSA) is 32.5 Å². The Labute approximate surface area is 106 Å². The number of benzene rings is 1. The molecule has 2 N–H and O–H groups in total. The van der Waals surface area contributed by atoms with E-state index in [1.165, 1.54) is 5.56 Å². The van der Waals surface area contributed by atoms with E-state index >= 15 is 0 Å². The largest absolute Gasteiger partial charge is 0.398 e. The van der Waals surface area contributed by atoms with Crippen molar-refractivity contribution >= 4 is 21.6 Å². The highest BCUT2D eigenvalue weighted by Gasteiger charge is 2.04. The molecule has 90 valence electrons. The summed E-state index contributed by atoms with van der Waals surface area (Å²) in [4.78, 5) is 4.46. The van der Waals surface area contributed by atoms with Gasteiger partial charge in [0.15, 0.2) is 0 Å². The standard InChI is InChI=1S/C12H20BrN3/c1-15(2)6-7-16(3)9-10-4-5-11(13)8-12(10)14/h4-5,8H,6-7,9,14H2,1-3H3. The van der Waals surface area contributed by atoms with Crippen molar-refractivity contribution in [3.8, 4) is 0 Å². The van der Waals surface area contributed by atoms with Crippen LogP contribution in [0.25, 0.3) is 0 Å². The fourth-order valence-corrected chi connectivity index (χ4v) is 1.83. The Balaban J connectivity index is 2.52. The first-order valence-corrected chi connectivity index (χ1v) is 6.15. The number of rotatable bonds is 5. The predicted molar refractivity (Wildman–Crippen MR) is 73.4 cm³/mol. The fourth-order valence-electron chi connectivity index (χ4n) is 1.45. The summed E-state index contributed by atoms with van der Waals surface area (Å²) in [5.41, 5.74) is 8.00. The maximum absolute atomic E-state index is 5.96. The molecule has 1 aromatic carbocycles. The normalized spacial score (nSPS) is 11.4. The third-order valence-corrected chi connectivity index (χ3v) is 2.97. The van der Waals surface area contributed by atoms with E-state index in [-0.39, 0.29) is 0 Å². The van der Waals surface area contributed by atoms with Crippen LogP contribution in [-0.4, -0.2) is 44.0 Å². The molecule has 0 saturated carbocycles. The van der Waals surface area contributed by atoms with Crippen molar-refractivity contribution < 1.29 is 0 Å². The summed E-state index contributed by atoms with van der Waals surface area (Å²) in [5, 5.41) is 0. The molecule has 16 heavy (non-hydrogen) atoms. The smallest absolute Gasteiger partial charge is 0.0371 e. The summed E-state index contributed by atoms with van der Waals surface area (Å²) >= 11 is 3.41. The zero-order chi connectivity index (χ0) is 12.1. The Morgan fingerprint density at radius 1 is 1.19 bits per heavy atom. The van der Waals surface area contributed by atoms with Gasteiger partial charge in [0.25, 0.3) is 0 Å². The van der Waals surface area contributed by atoms with Crippen LogP contribution in [0.5, 0.6) is 0 Å². The quantitative estimate of drug-likeness (QED) is 0.841. The second-order valence-corrected chi connectivity index (χ2v) is 5.30. The maximum atomic E-state index is 5.96. The second kappa shape index (κ2) is 6.23. The Kier molecular flexibility index (Phi) is 5.25. The van der Waals surface area contributed by atoms with E-state index in [9.17, 15) is 0 Å². The van der Waals surface area contributed by atoms with Gasteiger partial charge in [0.05, 0.1) is 0 Å². The first kappa shape index (κ1) is 13.5. The number of hydrogen-bond donors (Lipinski definition) is 1. The number of likely N-dealkylation sites (N-methyl/N-ethyl adjacent to an activating group) is 2. The van der Waals surface area contributed by atoms with E-state index < -0.39 is 0 Å². The van der Waals surface area contributed by atoms with Gasteiger partial charge < -0.3 is 15.5 Å². The van der Waals surface area contributed by atoms with Crippen molar-refractivity contribution in [3.05, 3.63) is 28.2 Å². The molecule has 0 fully saturated rings. The lowest BCUT2D eigenvalue weighted by Crippen LogP contribution is -2.28. The molecule has 0 spiro atoms. The number of nitrogens with zero attached hydrogens (tertiary/aromatic N) is 2. The van der Waals surface area contributed by atoms with Gasteiger partial charge in [-0.25, -0.2) is 0 Å². The van der Waals surface area contributed by atoms with Gasteiger partial charge in [-0.15, -0.1) is 0 Å². The number of halogens is 1. The van der Waals surface area contributed by atoms with Crippen LogP contribution in [0.4, 0.5) is 5.69 Å². The van der Waals surface area contributed by atoms with E-state index in [0.29, 0.717) is 0 Å². The van der Waals surface area contributed by atoms with Crippen molar-refractivity contribution in [3.63, 3.8) is 0 Å². The van der Waals surface area contributed by atoms with Gasteiger partial charge in [0.1, 0.15) is 0 Å². The van der Waals surface area contributed by atoms with Gasteiger partial charge in [0.2, 0.25) is 0 Å². The van der Waals surface area contributed by atoms with E-state index in [1.54, 1.807) is 0 Å². The molecule has 0 saturated heterocycles. The molecule has 0 radical (unpaired) electrons. The monoisotopic (exact) mass is 285 g/mol. The maximum Gasteiger partial charge on any atom is 0.0371 e. The molecule has 0 aromatic heterocycles. The molecular weight excluding hydrogens is 266 g/mol. The molecule has 0 aliphatic rings. The first-order chi connectivity index (χ1) is 7.49. The van der Waals surface area contributed by atoms with Gasteiger partial charge in [-0.1, -0.05) is 22.0 Å². The van der Waals surface area contributed by atoms with Crippen molar-refractivity contribution in [1.29, 1.82) is 0 Å². The van der Waals surface area contributed by atoms with Gasteiger partial charge in [0, 0.05) is 29.8 Å². The van der Waals surface area contributed by atoms with E-state index in [1.807, 2.05) is 12.1 Å². The van der Waals surface area contributed by atoms with Crippen molar-refractivity contribution in [2.24, 2.45) is 0 Å². The van der Waals surface area contributed by atoms with Crippen LogP contribution in [0.2, 0.25) is 0 Å². The summed E-state index contributed by atoms with van der Waals surface area (Å²) in [6, 6.07) is 6.06. The van der Waals surface area contributed by atoms with Crippen LogP contribution in [-0.2, 0) is 6.54 Å². The highest BCUT2D eigenvalue weighted by atomic mass is 79.9. The second-order valence-electron chi connectivity index (χ2n) is 4.38. The van der Waals surface area contributed by atoms with Crippen LogP contribution in [0, 0.1) is 0 Å². The predicted octanol–water partition coefficient (Wildman–Crippen LogP) is 2.02. The highest BCUT2D eigenvalue weighted by Crippen LogP contribution is 2.19. The molecule has 0 unspecified atom stereocenters. The number of nitrogens with two attached hydrogens (primary N) is 1. The average Bonchev–Trinajstić information content (AvgIpc) is 2.19. The van der Waals surface area contributed by atoms with E-state index in [2.05, 4.69) is 52.9 Å². The van der Waals surface area contributed by atoms with Gasteiger partial charge in [-0.05, 0) is 38.8 Å². The average molecular weight is 286 g/mol. The number of anilines is 1. The zero-order valence-corrected chi connectivity index (χ0v) is 11.8. The van der Waals surface area contributed by atoms with E-state index in [4.69, 9.17) is 5.73 Å². The number of hydrogen-bond acceptors (Lipinski definition) is 3. The SMILES string of the molecule is CN(C)CCN(C)Cc1ccc(Br)cc1N. The highest BCUT2D eigenvalue weighted by molar-refractivity contribution is 9.10. The molecule has 0 heterocycles. The Morgan fingerprint density at radius 3 is 2.44 bits per heavy atom. The Morgan fingerprint density at radius 2 is 1.88 bits per heavy atom. The third-order valence-electron chi connectivity index (χ3n) is 2.48. The van der Waals surface area contributed by atoms with Crippen molar-refractivity contribution in [1.82, 2.24) is 9.80 Å². The summed E-state index contributed by atoms with van der Waals surface area (Å²) in [6.45, 7) is 3.00. The van der Waals surface area contributed by atoms with Gasteiger partial charge in [-0.2, -0.15) is 0 Å². The van der Waals surface area contributed by atoms with Crippen LogP contribution in [0.15, 0.2) is 22.7 Å². The minimum Gasteiger partial charge on any atom is -0.398 e. The molecule has 3 nitrogen and oxygen atoms in total. The minimum absolute atomic E-state index is 0.853. The molecule has 1 rings (SSSR count). The van der Waals surface area contributed by atoms with Crippen molar-refractivity contribution in [2.45, 2.75) is 6.54 Å². The lowest BCUT2D eigenvalue weighted by Gasteiger charge is -2.20. The summed E-state index contributed by atoms with van der Waals surface area (Å²) < 4.78 is 1.03. The summed E-state index contributed by atoms with van der Waals surface area (Å²) in [7, 11) is 6.29. The fraction of sp³-hybridized carbons (Fsp3) is 0.500. The molecule has 4 heteroatoms.